The van der Waals surface area contributed by atoms with Crippen LogP contribution in [0, 0.1) is 17.8 Å². The molecule has 1 aromatic carbocycles. The largest absolute Gasteiger partial charge is 0.455 e. The lowest BCUT2D eigenvalue weighted by Gasteiger charge is -2.46. The fraction of sp³-hybridized carbons (Fsp3) is 0.667. The van der Waals surface area contributed by atoms with Crippen LogP contribution in [0.5, 0.6) is 0 Å². The van der Waals surface area contributed by atoms with Gasteiger partial charge in [0.15, 0.2) is 17.7 Å². The van der Waals surface area contributed by atoms with Crippen LogP contribution < -0.4 is 5.32 Å². The highest BCUT2D eigenvalue weighted by Crippen LogP contribution is 2.44. The van der Waals surface area contributed by atoms with Gasteiger partial charge in [-0.15, -0.1) is 0 Å². The number of benzene rings is 1. The molecule has 6 rings (SSSR count). The number of hydrogen-bond acceptors (Lipinski definition) is 13. The first kappa shape index (κ1) is 49.1. The summed E-state index contributed by atoms with van der Waals surface area (Å²) in [6, 6.07) is 10.5. The number of methoxy groups -OCH3 is 1. The molecule has 0 saturated carbocycles. The predicted molar refractivity (Wildman–Crippen MR) is 236 cm³/mol. The van der Waals surface area contributed by atoms with E-state index in [9.17, 15) is 24.3 Å². The van der Waals surface area contributed by atoms with Crippen molar-refractivity contribution in [3.05, 3.63) is 60.2 Å². The molecular formula is C48H68FN5O10. The zero-order chi connectivity index (χ0) is 46.7. The van der Waals surface area contributed by atoms with E-state index in [1.54, 1.807) is 40.8 Å². The Kier molecular flexibility index (Phi) is 15.4. The van der Waals surface area contributed by atoms with Gasteiger partial charge >= 0.3 is 12.1 Å². The lowest BCUT2D eigenvalue weighted by molar-refractivity contribution is -0.290. The smallest absolute Gasteiger partial charge is 0.410 e. The summed E-state index contributed by atoms with van der Waals surface area (Å²) >= 11 is 0. The normalized spacial score (nSPS) is 35.5. The van der Waals surface area contributed by atoms with E-state index in [1.165, 1.54) is 18.9 Å². The number of aromatic nitrogens is 3. The number of fused-ring (bicyclic) bond motifs is 2. The van der Waals surface area contributed by atoms with Crippen LogP contribution in [0.4, 0.5) is 9.18 Å². The highest BCUT2D eigenvalue weighted by Gasteiger charge is 2.61. The van der Waals surface area contributed by atoms with E-state index in [-0.39, 0.29) is 31.3 Å². The quantitative estimate of drug-likeness (QED) is 0.114. The maximum atomic E-state index is 17.0. The first-order valence-electron chi connectivity index (χ1n) is 22.9. The number of hydrogen-bond donors (Lipinski definition) is 2. The van der Waals surface area contributed by atoms with E-state index < -0.39 is 89.2 Å². The molecule has 3 aromatic rings. The lowest BCUT2D eigenvalue weighted by atomic mass is 9.73. The van der Waals surface area contributed by atoms with Crippen LogP contribution in [0.1, 0.15) is 106 Å². The molecule has 13 atom stereocenters. The molecule has 16 heteroatoms. The van der Waals surface area contributed by atoms with Gasteiger partial charge in [0, 0.05) is 62.8 Å². The molecule has 5 heterocycles. The monoisotopic (exact) mass is 893 g/mol. The molecule has 2 aromatic heterocycles. The number of aryl methyl sites for hydroxylation is 1. The SMILES string of the molecule is CCN[C@H]1C[C@@H](C)O[C@@H](O[C@@H]2[C@H](C)C(=O)[C@](C)(F)C(=O)O[C@H](CC)[C@@]3(C)OC(=O)N(CCCCn4c(Cc5cccnc5)nc5ccccc54)C3[C@@H](C)C(=O)[C@H](C)C[C@@]2(C)OC)[C@H]1O. The van der Waals surface area contributed by atoms with Gasteiger partial charge in [0.25, 0.3) is 5.67 Å². The number of pyridine rings is 1. The third-order valence-corrected chi connectivity index (χ3v) is 13.9. The van der Waals surface area contributed by atoms with E-state index in [4.69, 9.17) is 28.7 Å². The Hall–Kier alpha value is -4.35. The molecule has 64 heavy (non-hydrogen) atoms. The van der Waals surface area contributed by atoms with Crippen LogP contribution in [-0.2, 0) is 51.0 Å². The number of carbonyl (C=O) groups excluding carboxylic acids is 4. The standard InChI is InChI=1S/C48H68FN5O10/c1-11-36-48(9)40(54(45(59)64-48)23-16-15-22-53-35-20-14-13-19-33(35)52-37(53)25-32-18-17-21-50-27-32)30(5)38(55)28(3)26-46(7,60-10)42(31(6)41(57)47(8,49)44(58)62-36)63-43-39(56)34(51-12-2)24-29(4)61-43/h13-14,17-21,27-31,34,36,39-40,42-43,51,56H,11-12,15-16,22-26H2,1-10H3/t28-,29-,30+,31-,34+,36-,39+,40?,42-,43+,46-,47+,48-/m1/s1. The minimum absolute atomic E-state index is 0.00685. The van der Waals surface area contributed by atoms with Crippen LogP contribution in [0.3, 0.4) is 0 Å². The summed E-state index contributed by atoms with van der Waals surface area (Å²) in [5, 5.41) is 14.7. The summed E-state index contributed by atoms with van der Waals surface area (Å²) in [6.45, 7) is 15.9. The third-order valence-electron chi connectivity index (χ3n) is 13.9. The molecule has 0 aliphatic carbocycles. The summed E-state index contributed by atoms with van der Waals surface area (Å²) < 4.78 is 49.9. The highest BCUT2D eigenvalue weighted by atomic mass is 19.1. The summed E-state index contributed by atoms with van der Waals surface area (Å²) in [5.41, 5.74) is -3.37. The average molecular weight is 894 g/mol. The van der Waals surface area contributed by atoms with Gasteiger partial charge in [-0.05, 0) is 90.1 Å². The number of ether oxygens (including phenoxy) is 5. The average Bonchev–Trinajstić information content (AvgIpc) is 3.75. The number of esters is 1. The molecule has 1 unspecified atom stereocenters. The van der Waals surface area contributed by atoms with Gasteiger partial charge < -0.3 is 43.6 Å². The maximum Gasteiger partial charge on any atom is 0.410 e. The second kappa shape index (κ2) is 20.0. The number of aliphatic hydroxyl groups is 1. The fourth-order valence-electron chi connectivity index (χ4n) is 10.4. The summed E-state index contributed by atoms with van der Waals surface area (Å²) in [7, 11) is 1.41. The Bertz CT molecular complexity index is 2120. The lowest BCUT2D eigenvalue weighted by Crippen LogP contribution is -2.62. The van der Waals surface area contributed by atoms with E-state index in [0.29, 0.717) is 38.8 Å². The first-order valence-corrected chi connectivity index (χ1v) is 22.9. The number of rotatable bonds is 13. The van der Waals surface area contributed by atoms with Crippen molar-refractivity contribution in [3.63, 3.8) is 0 Å². The van der Waals surface area contributed by atoms with Crippen molar-refractivity contribution in [2.45, 2.75) is 167 Å². The van der Waals surface area contributed by atoms with E-state index >= 15 is 4.39 Å². The molecule has 3 aliphatic rings. The second-order valence-corrected chi connectivity index (χ2v) is 18.6. The number of carbonyl (C=O) groups is 4. The van der Waals surface area contributed by atoms with Crippen molar-refractivity contribution in [2.75, 3.05) is 20.2 Å². The molecule has 3 aliphatic heterocycles. The minimum Gasteiger partial charge on any atom is -0.455 e. The molecule has 0 spiro atoms. The van der Waals surface area contributed by atoms with Gasteiger partial charge in [0.1, 0.15) is 23.8 Å². The van der Waals surface area contributed by atoms with Crippen molar-refractivity contribution in [2.24, 2.45) is 17.8 Å². The van der Waals surface area contributed by atoms with Gasteiger partial charge in [-0.1, -0.05) is 52.8 Å². The van der Waals surface area contributed by atoms with Crippen LogP contribution in [0.25, 0.3) is 11.0 Å². The van der Waals surface area contributed by atoms with E-state index in [0.717, 1.165) is 29.3 Å². The molecule has 3 saturated heterocycles. The van der Waals surface area contributed by atoms with Gasteiger partial charge in [-0.3, -0.25) is 14.6 Å². The second-order valence-electron chi connectivity index (χ2n) is 18.6. The van der Waals surface area contributed by atoms with Crippen molar-refractivity contribution < 1.29 is 52.4 Å². The first-order chi connectivity index (χ1) is 30.3. The molecule has 0 radical (unpaired) electrons. The third kappa shape index (κ3) is 9.76. The number of halogens is 1. The number of Topliss-reactive ketones (excluding diaryl/α,β-unsaturated/α-hetero) is 2. The zero-order valence-electron chi connectivity index (χ0n) is 39.0. The Morgan fingerprint density at radius 1 is 0.984 bits per heavy atom. The highest BCUT2D eigenvalue weighted by molar-refractivity contribution is 6.08. The Morgan fingerprint density at radius 2 is 1.70 bits per heavy atom. The number of amides is 1. The van der Waals surface area contributed by atoms with Gasteiger partial charge in [-0.25, -0.2) is 19.0 Å². The summed E-state index contributed by atoms with van der Waals surface area (Å²) in [4.78, 5) is 68.0. The topological polar surface area (TPSA) is 181 Å². The Balaban J connectivity index is 1.30. The van der Waals surface area contributed by atoms with Crippen LogP contribution in [-0.4, -0.2) is 128 Å². The van der Waals surface area contributed by atoms with Crippen molar-refractivity contribution in [1.29, 1.82) is 0 Å². The number of alkyl halides is 1. The van der Waals surface area contributed by atoms with Crippen LogP contribution >= 0.6 is 0 Å². The number of ketones is 2. The summed E-state index contributed by atoms with van der Waals surface area (Å²) in [6.07, 6.45) is -0.153. The van der Waals surface area contributed by atoms with Gasteiger partial charge in [-0.2, -0.15) is 0 Å². The number of nitrogens with zero attached hydrogens (tertiary/aromatic N) is 4. The molecule has 15 nitrogen and oxygen atoms in total. The van der Waals surface area contributed by atoms with Gasteiger partial charge in [0.2, 0.25) is 0 Å². The molecule has 352 valence electrons. The maximum absolute atomic E-state index is 17.0. The predicted octanol–water partition coefficient (Wildman–Crippen LogP) is 6.15. The molecule has 2 N–H and O–H groups in total. The number of likely N-dealkylation sites (N-methyl/N-ethyl adjacent to an activating group) is 1. The molecule has 0 bridgehead atoms. The van der Waals surface area contributed by atoms with Crippen molar-refractivity contribution >= 4 is 34.7 Å². The summed E-state index contributed by atoms with van der Waals surface area (Å²) in [5.74, 6) is -4.94. The number of cyclic esters (lactones) is 1. The van der Waals surface area contributed by atoms with E-state index in [1.807, 2.05) is 56.4 Å². The number of para-hydroxylation sites is 2. The molecule has 3 fully saturated rings. The van der Waals surface area contributed by atoms with Crippen molar-refractivity contribution in [1.82, 2.24) is 24.8 Å². The van der Waals surface area contributed by atoms with Crippen molar-refractivity contribution in [3.8, 4) is 0 Å². The number of aliphatic hydroxyl groups excluding tert-OH is 1. The molecular weight excluding hydrogens is 826 g/mol. The number of imidazole rings is 1. The fourth-order valence-corrected chi connectivity index (χ4v) is 10.4. The Morgan fingerprint density at radius 3 is 2.38 bits per heavy atom. The van der Waals surface area contributed by atoms with E-state index in [2.05, 4.69) is 14.9 Å². The number of unbranched alkanes of at least 4 members (excludes halogenated alkanes) is 1. The Labute approximate surface area is 376 Å². The minimum atomic E-state index is -3.19. The van der Waals surface area contributed by atoms with Crippen LogP contribution in [0.2, 0.25) is 0 Å². The zero-order valence-corrected chi connectivity index (χ0v) is 39.0. The van der Waals surface area contributed by atoms with Gasteiger partial charge in [0.05, 0.1) is 34.9 Å². The number of nitrogens with one attached hydrogen (secondary N) is 1. The van der Waals surface area contributed by atoms with Crippen LogP contribution in [0.15, 0.2) is 48.8 Å². The molecule has 1 amide bonds.